The van der Waals surface area contributed by atoms with Gasteiger partial charge in [-0.1, -0.05) is 26.2 Å². The highest BCUT2D eigenvalue weighted by atomic mass is 31.2. The molecule has 1 aliphatic rings. The van der Waals surface area contributed by atoms with Crippen molar-refractivity contribution < 1.29 is 22.6 Å². The maximum atomic E-state index is 12.5. The Morgan fingerprint density at radius 1 is 1.25 bits per heavy atom. The van der Waals surface area contributed by atoms with Gasteiger partial charge in [0.25, 0.3) is 0 Å². The van der Waals surface area contributed by atoms with Crippen LogP contribution < -0.4 is 0 Å². The average molecular weight is 258 g/mol. The van der Waals surface area contributed by atoms with Gasteiger partial charge in [-0.2, -0.15) is 13.2 Å². The lowest BCUT2D eigenvalue weighted by molar-refractivity contribution is -0.144. The average Bonchev–Trinajstić information content (AvgIpc) is 2.16. The molecule has 0 spiro atoms. The monoisotopic (exact) mass is 258 g/mol. The van der Waals surface area contributed by atoms with Crippen LogP contribution in [0.1, 0.15) is 45.4 Å². The van der Waals surface area contributed by atoms with Crippen LogP contribution in [-0.2, 0) is 4.57 Å². The van der Waals surface area contributed by atoms with Crippen LogP contribution in [0.2, 0.25) is 0 Å². The summed E-state index contributed by atoms with van der Waals surface area (Å²) >= 11 is 0. The lowest BCUT2D eigenvalue weighted by atomic mass is 9.85. The largest absolute Gasteiger partial charge is 0.390 e. The van der Waals surface area contributed by atoms with Gasteiger partial charge >= 0.3 is 6.18 Å². The van der Waals surface area contributed by atoms with E-state index in [-0.39, 0.29) is 19.0 Å². The van der Waals surface area contributed by atoms with Crippen molar-refractivity contribution in [1.82, 2.24) is 0 Å². The van der Waals surface area contributed by atoms with Gasteiger partial charge in [0.15, 0.2) is 0 Å². The topological polar surface area (TPSA) is 37.3 Å². The summed E-state index contributed by atoms with van der Waals surface area (Å²) in [5.74, 6) is 0. The highest BCUT2D eigenvalue weighted by Crippen LogP contribution is 2.63. The maximum Gasteiger partial charge on any atom is 0.390 e. The molecule has 1 rings (SSSR count). The molecule has 6 heteroatoms. The Labute approximate surface area is 93.7 Å². The van der Waals surface area contributed by atoms with Crippen molar-refractivity contribution in [3.63, 3.8) is 0 Å². The zero-order valence-corrected chi connectivity index (χ0v) is 10.3. The zero-order valence-electron chi connectivity index (χ0n) is 9.39. The van der Waals surface area contributed by atoms with E-state index in [2.05, 4.69) is 0 Å². The first-order valence-corrected chi connectivity index (χ1v) is 7.46. The minimum atomic E-state index is -4.36. The van der Waals surface area contributed by atoms with E-state index < -0.39 is 25.1 Å². The molecule has 0 bridgehead atoms. The summed E-state index contributed by atoms with van der Waals surface area (Å²) in [6.07, 6.45) is -2.96. The van der Waals surface area contributed by atoms with Crippen LogP contribution in [0, 0.1) is 0 Å². The molecule has 2 nitrogen and oxygen atoms in total. The van der Waals surface area contributed by atoms with Crippen molar-refractivity contribution >= 4 is 7.37 Å². The van der Waals surface area contributed by atoms with E-state index in [1.165, 1.54) is 6.92 Å². The van der Waals surface area contributed by atoms with E-state index in [0.717, 1.165) is 6.42 Å². The molecule has 0 amide bonds. The molecular weight excluding hydrogens is 240 g/mol. The van der Waals surface area contributed by atoms with Crippen LogP contribution in [0.3, 0.4) is 0 Å². The predicted molar refractivity (Wildman–Crippen MR) is 56.9 cm³/mol. The highest BCUT2D eigenvalue weighted by molar-refractivity contribution is 7.59. The van der Waals surface area contributed by atoms with Crippen molar-refractivity contribution in [2.24, 2.45) is 0 Å². The molecule has 0 aromatic rings. The lowest BCUT2D eigenvalue weighted by Crippen LogP contribution is -2.37. The minimum Gasteiger partial charge on any atom is -0.344 e. The first-order chi connectivity index (χ1) is 7.22. The molecule has 16 heavy (non-hydrogen) atoms. The summed E-state index contributed by atoms with van der Waals surface area (Å²) in [6.45, 7) is 1.49. The van der Waals surface area contributed by atoms with E-state index in [9.17, 15) is 22.6 Å². The van der Waals surface area contributed by atoms with Crippen molar-refractivity contribution in [2.75, 3.05) is 6.16 Å². The molecule has 0 aromatic heterocycles. The Balaban J connectivity index is 2.97. The van der Waals surface area contributed by atoms with Gasteiger partial charge in [0, 0.05) is 6.16 Å². The SMILES string of the molecule is CCP(=O)(O)C1(CC(F)(F)F)CCCCC1. The zero-order chi connectivity index (χ0) is 12.4. The summed E-state index contributed by atoms with van der Waals surface area (Å²) in [4.78, 5) is 9.82. The third kappa shape index (κ3) is 3.01. The molecule has 1 unspecified atom stereocenters. The smallest absolute Gasteiger partial charge is 0.344 e. The molecule has 96 valence electrons. The molecule has 1 fully saturated rings. The van der Waals surface area contributed by atoms with Gasteiger partial charge in [0.2, 0.25) is 7.37 Å². The normalized spacial score (nSPS) is 25.1. The molecule has 1 saturated carbocycles. The summed E-state index contributed by atoms with van der Waals surface area (Å²) in [5, 5.41) is -1.40. The Kier molecular flexibility index (Phi) is 4.12. The fourth-order valence-corrected chi connectivity index (χ4v) is 4.68. The Morgan fingerprint density at radius 3 is 2.12 bits per heavy atom. The van der Waals surface area contributed by atoms with Crippen molar-refractivity contribution in [3.8, 4) is 0 Å². The fourth-order valence-electron chi connectivity index (χ4n) is 2.57. The molecule has 0 saturated heterocycles. The van der Waals surface area contributed by atoms with Gasteiger partial charge in [-0.05, 0) is 12.8 Å². The van der Waals surface area contributed by atoms with Crippen molar-refractivity contribution in [2.45, 2.75) is 56.8 Å². The van der Waals surface area contributed by atoms with E-state index >= 15 is 0 Å². The van der Waals surface area contributed by atoms with E-state index in [4.69, 9.17) is 0 Å². The molecule has 0 aromatic carbocycles. The van der Waals surface area contributed by atoms with E-state index in [0.29, 0.717) is 12.8 Å². The number of hydrogen-bond donors (Lipinski definition) is 1. The quantitative estimate of drug-likeness (QED) is 0.779. The van der Waals surface area contributed by atoms with Crippen LogP contribution in [0.5, 0.6) is 0 Å². The van der Waals surface area contributed by atoms with Crippen LogP contribution in [0.25, 0.3) is 0 Å². The molecular formula is C10H18F3O2P. The molecule has 0 aliphatic heterocycles. The molecule has 0 heterocycles. The Hall–Kier alpha value is -0.0200. The number of hydrogen-bond acceptors (Lipinski definition) is 1. The third-order valence-corrected chi connectivity index (χ3v) is 6.43. The number of alkyl halides is 3. The molecule has 1 aliphatic carbocycles. The standard InChI is InChI=1S/C10H18F3O2P/c1-2-16(14,15)9(8-10(11,12)13)6-4-3-5-7-9/h2-8H2,1H3,(H,14,15). The maximum absolute atomic E-state index is 12.5. The van der Waals surface area contributed by atoms with Gasteiger partial charge in [-0.3, -0.25) is 4.57 Å². The van der Waals surface area contributed by atoms with Gasteiger partial charge in [0.1, 0.15) is 0 Å². The van der Waals surface area contributed by atoms with Crippen molar-refractivity contribution in [3.05, 3.63) is 0 Å². The summed E-state index contributed by atoms with van der Waals surface area (Å²) in [7, 11) is -3.70. The highest BCUT2D eigenvalue weighted by Gasteiger charge is 2.52. The summed E-state index contributed by atoms with van der Waals surface area (Å²) < 4.78 is 49.6. The number of rotatable bonds is 3. The third-order valence-electron chi connectivity index (χ3n) is 3.48. The molecule has 0 radical (unpaired) electrons. The second kappa shape index (κ2) is 4.69. The lowest BCUT2D eigenvalue weighted by Gasteiger charge is -2.40. The van der Waals surface area contributed by atoms with Crippen LogP contribution in [-0.4, -0.2) is 22.4 Å². The summed E-state index contributed by atoms with van der Waals surface area (Å²) in [5.41, 5.74) is 0. The predicted octanol–water partition coefficient (Wildman–Crippen LogP) is 3.93. The first kappa shape index (κ1) is 14.0. The van der Waals surface area contributed by atoms with Gasteiger partial charge in [0.05, 0.1) is 11.6 Å². The van der Waals surface area contributed by atoms with Gasteiger partial charge in [-0.25, -0.2) is 0 Å². The second-order valence-corrected chi connectivity index (χ2v) is 7.58. The molecule has 1 N–H and O–H groups in total. The summed E-state index contributed by atoms with van der Waals surface area (Å²) in [6, 6.07) is 0. The van der Waals surface area contributed by atoms with E-state index in [1.54, 1.807) is 0 Å². The minimum absolute atomic E-state index is 0.0664. The van der Waals surface area contributed by atoms with Crippen LogP contribution in [0.15, 0.2) is 0 Å². The van der Waals surface area contributed by atoms with E-state index in [1.807, 2.05) is 0 Å². The first-order valence-electron chi connectivity index (χ1n) is 5.61. The van der Waals surface area contributed by atoms with Gasteiger partial charge in [-0.15, -0.1) is 0 Å². The van der Waals surface area contributed by atoms with Crippen molar-refractivity contribution in [1.29, 1.82) is 0 Å². The Bertz CT molecular complexity index is 282. The number of halogens is 3. The van der Waals surface area contributed by atoms with Crippen LogP contribution >= 0.6 is 7.37 Å². The Morgan fingerprint density at radius 2 is 1.75 bits per heavy atom. The molecule has 1 atom stereocenters. The van der Waals surface area contributed by atoms with Gasteiger partial charge < -0.3 is 4.89 Å². The second-order valence-electron chi connectivity index (χ2n) is 4.59. The van der Waals surface area contributed by atoms with Crippen LogP contribution in [0.4, 0.5) is 13.2 Å². The fraction of sp³-hybridized carbons (Fsp3) is 1.00.